The van der Waals surface area contributed by atoms with E-state index in [9.17, 15) is 9.90 Å². The maximum atomic E-state index is 11.5. The monoisotopic (exact) mass is 216 g/mol. The minimum Gasteiger partial charge on any atom is -0.389 e. The van der Waals surface area contributed by atoms with Crippen molar-refractivity contribution in [3.63, 3.8) is 0 Å². The number of amides is 1. The highest BCUT2D eigenvalue weighted by Crippen LogP contribution is 2.15. The first-order valence-electron chi connectivity index (χ1n) is 5.29. The van der Waals surface area contributed by atoms with Gasteiger partial charge in [0, 0.05) is 19.6 Å². The molecule has 0 aromatic rings. The zero-order valence-electron chi connectivity index (χ0n) is 10.6. The Bertz CT molecular complexity index is 219. The van der Waals surface area contributed by atoms with Gasteiger partial charge in [-0.05, 0) is 34.6 Å². The molecule has 0 saturated carbocycles. The number of carbonyl (C=O) groups is 1. The summed E-state index contributed by atoms with van der Waals surface area (Å²) in [6.07, 6.45) is 0. The van der Waals surface area contributed by atoms with Crippen LogP contribution in [-0.4, -0.2) is 36.2 Å². The smallest absolute Gasteiger partial charge is 0.226 e. The van der Waals surface area contributed by atoms with E-state index < -0.39 is 11.0 Å². The van der Waals surface area contributed by atoms with Crippen molar-refractivity contribution in [2.24, 2.45) is 5.41 Å². The summed E-state index contributed by atoms with van der Waals surface area (Å²) < 4.78 is 0. The van der Waals surface area contributed by atoms with Gasteiger partial charge in [-0.3, -0.25) is 4.79 Å². The molecule has 0 spiro atoms. The van der Waals surface area contributed by atoms with E-state index >= 15 is 0 Å². The van der Waals surface area contributed by atoms with Gasteiger partial charge in [0.15, 0.2) is 0 Å². The summed E-state index contributed by atoms with van der Waals surface area (Å²) in [4.78, 5) is 11.5. The Labute approximate surface area is 92.4 Å². The van der Waals surface area contributed by atoms with Gasteiger partial charge in [0.1, 0.15) is 0 Å². The molecule has 3 N–H and O–H groups in total. The van der Waals surface area contributed by atoms with Crippen LogP contribution < -0.4 is 10.6 Å². The van der Waals surface area contributed by atoms with Crippen molar-refractivity contribution < 1.29 is 9.90 Å². The first-order chi connectivity index (χ1) is 6.61. The summed E-state index contributed by atoms with van der Waals surface area (Å²) in [6, 6.07) is -0.0542. The fraction of sp³-hybridized carbons (Fsp3) is 0.909. The molecule has 0 saturated heterocycles. The molecule has 4 nitrogen and oxygen atoms in total. The predicted molar refractivity (Wildman–Crippen MR) is 61.6 cm³/mol. The second kappa shape index (κ2) is 4.94. The van der Waals surface area contributed by atoms with Crippen LogP contribution in [0.15, 0.2) is 0 Å². The van der Waals surface area contributed by atoms with Crippen LogP contribution in [0.25, 0.3) is 0 Å². The number of rotatable bonds is 5. The third-order valence-electron chi connectivity index (χ3n) is 2.75. The first kappa shape index (κ1) is 14.4. The van der Waals surface area contributed by atoms with Crippen LogP contribution in [0.3, 0.4) is 0 Å². The highest BCUT2D eigenvalue weighted by atomic mass is 16.3. The molecule has 0 heterocycles. The van der Waals surface area contributed by atoms with E-state index in [0.717, 1.165) is 0 Å². The second-order valence-electron chi connectivity index (χ2n) is 5.22. The lowest BCUT2D eigenvalue weighted by Crippen LogP contribution is -2.50. The lowest BCUT2D eigenvalue weighted by Gasteiger charge is -2.31. The van der Waals surface area contributed by atoms with Gasteiger partial charge in [0.2, 0.25) is 5.91 Å². The SMILES string of the molecule is CNC(=O)C(C)(C)CNC(C)C(C)(C)O. The fourth-order valence-electron chi connectivity index (χ4n) is 1.08. The number of aliphatic hydroxyl groups is 1. The molecule has 0 radical (unpaired) electrons. The van der Waals surface area contributed by atoms with E-state index in [-0.39, 0.29) is 11.9 Å². The van der Waals surface area contributed by atoms with E-state index in [1.54, 1.807) is 20.9 Å². The van der Waals surface area contributed by atoms with E-state index in [0.29, 0.717) is 6.54 Å². The molecule has 0 fully saturated rings. The van der Waals surface area contributed by atoms with Crippen molar-refractivity contribution in [2.75, 3.05) is 13.6 Å². The van der Waals surface area contributed by atoms with Gasteiger partial charge in [-0.1, -0.05) is 0 Å². The summed E-state index contributed by atoms with van der Waals surface area (Å²) in [5.41, 5.74) is -1.24. The van der Waals surface area contributed by atoms with Crippen LogP contribution in [0.1, 0.15) is 34.6 Å². The van der Waals surface area contributed by atoms with Crippen LogP contribution in [-0.2, 0) is 4.79 Å². The van der Waals surface area contributed by atoms with Crippen molar-refractivity contribution in [2.45, 2.75) is 46.3 Å². The average Bonchev–Trinajstić information content (AvgIpc) is 2.11. The Balaban J connectivity index is 4.21. The molecule has 0 aromatic carbocycles. The lowest BCUT2D eigenvalue weighted by atomic mass is 9.91. The van der Waals surface area contributed by atoms with Gasteiger partial charge in [0.05, 0.1) is 11.0 Å². The second-order valence-corrected chi connectivity index (χ2v) is 5.22. The van der Waals surface area contributed by atoms with Gasteiger partial charge in [0.25, 0.3) is 0 Å². The van der Waals surface area contributed by atoms with Crippen molar-refractivity contribution in [3.8, 4) is 0 Å². The van der Waals surface area contributed by atoms with Gasteiger partial charge >= 0.3 is 0 Å². The third-order valence-corrected chi connectivity index (χ3v) is 2.75. The maximum absolute atomic E-state index is 11.5. The molecule has 4 heteroatoms. The van der Waals surface area contributed by atoms with Gasteiger partial charge < -0.3 is 15.7 Å². The van der Waals surface area contributed by atoms with Crippen LogP contribution in [0.5, 0.6) is 0 Å². The van der Waals surface area contributed by atoms with E-state index in [1.165, 1.54) is 0 Å². The standard InChI is InChI=1S/C11H24N2O2/c1-8(11(4,5)15)13-7-10(2,3)9(14)12-6/h8,13,15H,7H2,1-6H3,(H,12,14). The Hall–Kier alpha value is -0.610. The van der Waals surface area contributed by atoms with Gasteiger partial charge in [-0.25, -0.2) is 0 Å². The van der Waals surface area contributed by atoms with E-state index in [2.05, 4.69) is 10.6 Å². The fourth-order valence-corrected chi connectivity index (χ4v) is 1.08. The molecule has 1 amide bonds. The summed E-state index contributed by atoms with van der Waals surface area (Å²) in [6.45, 7) is 9.68. The molecule has 1 atom stereocenters. The Morgan fingerprint density at radius 1 is 1.33 bits per heavy atom. The first-order valence-corrected chi connectivity index (χ1v) is 5.29. The maximum Gasteiger partial charge on any atom is 0.226 e. The molecule has 0 rings (SSSR count). The summed E-state index contributed by atoms with van der Waals surface area (Å²) in [7, 11) is 1.63. The van der Waals surface area contributed by atoms with Crippen LogP contribution >= 0.6 is 0 Å². The molecule has 0 aliphatic rings. The normalized spacial score (nSPS) is 14.9. The highest BCUT2D eigenvalue weighted by molar-refractivity contribution is 5.81. The Kier molecular flexibility index (Phi) is 4.74. The zero-order valence-corrected chi connectivity index (χ0v) is 10.6. The summed E-state index contributed by atoms with van der Waals surface area (Å²) >= 11 is 0. The van der Waals surface area contributed by atoms with Crippen LogP contribution in [0.2, 0.25) is 0 Å². The molecule has 90 valence electrons. The van der Waals surface area contributed by atoms with Crippen molar-refractivity contribution in [1.29, 1.82) is 0 Å². The molecule has 1 unspecified atom stereocenters. The number of hydrogen-bond acceptors (Lipinski definition) is 3. The number of hydrogen-bond donors (Lipinski definition) is 3. The minimum atomic E-state index is -0.779. The molecule has 15 heavy (non-hydrogen) atoms. The Morgan fingerprint density at radius 3 is 2.13 bits per heavy atom. The third kappa shape index (κ3) is 4.62. The summed E-state index contributed by atoms with van der Waals surface area (Å²) in [5, 5.41) is 15.5. The predicted octanol–water partition coefficient (Wildman–Crippen LogP) is 0.508. The number of carbonyl (C=O) groups excluding carboxylic acids is 1. The Morgan fingerprint density at radius 2 is 1.80 bits per heavy atom. The largest absolute Gasteiger partial charge is 0.389 e. The van der Waals surface area contributed by atoms with Crippen molar-refractivity contribution >= 4 is 5.91 Å². The molecule has 0 aliphatic heterocycles. The molecule has 0 aliphatic carbocycles. The topological polar surface area (TPSA) is 61.4 Å². The van der Waals surface area contributed by atoms with Crippen molar-refractivity contribution in [1.82, 2.24) is 10.6 Å². The van der Waals surface area contributed by atoms with Crippen LogP contribution in [0, 0.1) is 5.41 Å². The van der Waals surface area contributed by atoms with Gasteiger partial charge in [-0.2, -0.15) is 0 Å². The molecule has 0 aromatic heterocycles. The quantitative estimate of drug-likeness (QED) is 0.627. The van der Waals surface area contributed by atoms with E-state index in [1.807, 2.05) is 20.8 Å². The zero-order chi connectivity index (χ0) is 12.3. The van der Waals surface area contributed by atoms with Crippen molar-refractivity contribution in [3.05, 3.63) is 0 Å². The average molecular weight is 216 g/mol. The highest BCUT2D eigenvalue weighted by Gasteiger charge is 2.29. The summed E-state index contributed by atoms with van der Waals surface area (Å²) in [5.74, 6) is -0.00190. The van der Waals surface area contributed by atoms with Crippen LogP contribution in [0.4, 0.5) is 0 Å². The minimum absolute atomic E-state index is 0.00190. The number of nitrogens with one attached hydrogen (secondary N) is 2. The molecule has 0 bridgehead atoms. The van der Waals surface area contributed by atoms with E-state index in [4.69, 9.17) is 0 Å². The van der Waals surface area contributed by atoms with Gasteiger partial charge in [-0.15, -0.1) is 0 Å². The molecular formula is C11H24N2O2. The lowest BCUT2D eigenvalue weighted by molar-refractivity contribution is -0.128. The molecular weight excluding hydrogens is 192 g/mol.